The fraction of sp³-hybridized carbons (Fsp3) is 0.310. The van der Waals surface area contributed by atoms with Gasteiger partial charge in [0.1, 0.15) is 0 Å². The molecule has 40 heavy (non-hydrogen) atoms. The van der Waals surface area contributed by atoms with Crippen LogP contribution in [0.5, 0.6) is 5.75 Å². The number of aryl methyl sites for hydroxylation is 1. The zero-order valence-electron chi connectivity index (χ0n) is 23.0. The standard InChI is InChI=1S/C29H32FN7O3/c1-19-15-21(6-7-22(19)29(39)36-13-11-35(12-14-36)26(38)18-34(2)3)33-27-28-32-17-24(37(28)10-9-31-27)20-5-8-25(40-4)23(30)16-20/h5-10,15-17H,11-14,18H2,1-4H3,(H,31,33). The lowest BCUT2D eigenvalue weighted by atomic mass is 10.1. The van der Waals surface area contributed by atoms with Crippen molar-refractivity contribution in [3.63, 3.8) is 0 Å². The van der Waals surface area contributed by atoms with Gasteiger partial charge < -0.3 is 24.8 Å². The number of likely N-dealkylation sites (N-methyl/N-ethyl adjacent to an activating group) is 1. The molecule has 0 spiro atoms. The van der Waals surface area contributed by atoms with Gasteiger partial charge in [-0.25, -0.2) is 14.4 Å². The number of ether oxygens (including phenoxy) is 1. The zero-order valence-corrected chi connectivity index (χ0v) is 23.0. The summed E-state index contributed by atoms with van der Waals surface area (Å²) >= 11 is 0. The van der Waals surface area contributed by atoms with Gasteiger partial charge in [0, 0.05) is 55.4 Å². The topological polar surface area (TPSA) is 95.3 Å². The van der Waals surface area contributed by atoms with Gasteiger partial charge in [-0.1, -0.05) is 0 Å². The maximum Gasteiger partial charge on any atom is 0.254 e. The number of nitrogens with one attached hydrogen (secondary N) is 1. The Labute approximate surface area is 232 Å². The Morgan fingerprint density at radius 1 is 1.05 bits per heavy atom. The number of carbonyl (C=O) groups is 2. The summed E-state index contributed by atoms with van der Waals surface area (Å²) in [5.41, 5.74) is 4.15. The van der Waals surface area contributed by atoms with Crippen LogP contribution in [0.3, 0.4) is 0 Å². The maximum atomic E-state index is 14.3. The molecule has 0 unspecified atom stereocenters. The molecule has 0 radical (unpaired) electrons. The monoisotopic (exact) mass is 545 g/mol. The van der Waals surface area contributed by atoms with E-state index in [1.54, 1.807) is 41.7 Å². The number of hydrogen-bond acceptors (Lipinski definition) is 7. The predicted molar refractivity (Wildman–Crippen MR) is 150 cm³/mol. The minimum absolute atomic E-state index is 0.0476. The van der Waals surface area contributed by atoms with E-state index in [9.17, 15) is 14.0 Å². The van der Waals surface area contributed by atoms with Crippen molar-refractivity contribution in [3.05, 3.63) is 71.9 Å². The van der Waals surface area contributed by atoms with Crippen molar-refractivity contribution in [2.75, 3.05) is 59.2 Å². The van der Waals surface area contributed by atoms with Crippen molar-refractivity contribution < 1.29 is 18.7 Å². The number of methoxy groups -OCH3 is 1. The molecule has 208 valence electrons. The number of nitrogens with zero attached hydrogens (tertiary/aromatic N) is 6. The Hall–Kier alpha value is -4.51. The Kier molecular flexibility index (Phi) is 7.65. The van der Waals surface area contributed by atoms with Gasteiger partial charge in [0.15, 0.2) is 23.0 Å². The van der Waals surface area contributed by atoms with E-state index in [1.807, 2.05) is 47.4 Å². The largest absolute Gasteiger partial charge is 0.494 e. The maximum absolute atomic E-state index is 14.3. The van der Waals surface area contributed by atoms with Crippen LogP contribution in [0.4, 0.5) is 15.9 Å². The van der Waals surface area contributed by atoms with Crippen LogP contribution in [0, 0.1) is 12.7 Å². The number of piperazine rings is 1. The summed E-state index contributed by atoms with van der Waals surface area (Å²) in [5, 5.41) is 3.30. The number of rotatable bonds is 7. The number of anilines is 2. The van der Waals surface area contributed by atoms with Gasteiger partial charge in [-0.15, -0.1) is 0 Å². The molecule has 5 rings (SSSR count). The lowest BCUT2D eigenvalue weighted by Crippen LogP contribution is -2.52. The average molecular weight is 546 g/mol. The molecule has 1 N–H and O–H groups in total. The number of amides is 2. The summed E-state index contributed by atoms with van der Waals surface area (Å²) in [7, 11) is 5.16. The van der Waals surface area contributed by atoms with Gasteiger partial charge in [-0.2, -0.15) is 0 Å². The number of carbonyl (C=O) groups excluding carboxylic acids is 2. The minimum Gasteiger partial charge on any atom is -0.494 e. The van der Waals surface area contributed by atoms with Crippen LogP contribution >= 0.6 is 0 Å². The van der Waals surface area contributed by atoms with Crippen LogP contribution in [0.25, 0.3) is 16.9 Å². The Morgan fingerprint density at radius 2 is 1.80 bits per heavy atom. The molecule has 1 aliphatic heterocycles. The quantitative estimate of drug-likeness (QED) is 0.380. The second kappa shape index (κ2) is 11.3. The van der Waals surface area contributed by atoms with E-state index in [-0.39, 0.29) is 17.6 Å². The Balaban J connectivity index is 1.30. The SMILES string of the molecule is COc1ccc(-c2cnc3c(Nc4ccc(C(=O)N5CCN(C(=O)CN(C)C)CC5)c(C)c4)nccn23)cc1F. The molecule has 2 amide bonds. The highest BCUT2D eigenvalue weighted by Crippen LogP contribution is 2.29. The van der Waals surface area contributed by atoms with Crippen LogP contribution in [-0.4, -0.2) is 94.8 Å². The molecule has 2 aromatic carbocycles. The van der Waals surface area contributed by atoms with E-state index in [4.69, 9.17) is 4.74 Å². The van der Waals surface area contributed by atoms with Crippen molar-refractivity contribution in [1.29, 1.82) is 0 Å². The first-order chi connectivity index (χ1) is 19.2. The van der Waals surface area contributed by atoms with Crippen LogP contribution in [0.15, 0.2) is 55.0 Å². The smallest absolute Gasteiger partial charge is 0.254 e. The van der Waals surface area contributed by atoms with Gasteiger partial charge in [0.05, 0.1) is 25.5 Å². The molecule has 3 heterocycles. The first-order valence-corrected chi connectivity index (χ1v) is 13.0. The number of fused-ring (bicyclic) bond motifs is 1. The summed E-state index contributed by atoms with van der Waals surface area (Å²) in [6, 6.07) is 10.3. The highest BCUT2D eigenvalue weighted by Gasteiger charge is 2.26. The third-order valence-corrected chi connectivity index (χ3v) is 6.97. The van der Waals surface area contributed by atoms with E-state index in [0.717, 1.165) is 11.3 Å². The van der Waals surface area contributed by atoms with Gasteiger partial charge in [0.2, 0.25) is 5.91 Å². The molecule has 2 aromatic heterocycles. The van der Waals surface area contributed by atoms with Crippen LogP contribution in [0.1, 0.15) is 15.9 Å². The first-order valence-electron chi connectivity index (χ1n) is 13.0. The Morgan fingerprint density at radius 3 is 2.48 bits per heavy atom. The van der Waals surface area contributed by atoms with Gasteiger partial charge in [-0.05, 0) is 63.0 Å². The van der Waals surface area contributed by atoms with Crippen LogP contribution in [-0.2, 0) is 4.79 Å². The summed E-state index contributed by atoms with van der Waals surface area (Å²) < 4.78 is 21.2. The molecule has 1 saturated heterocycles. The molecule has 0 atom stereocenters. The van der Waals surface area contributed by atoms with E-state index >= 15 is 0 Å². The minimum atomic E-state index is -0.452. The zero-order chi connectivity index (χ0) is 28.4. The molecule has 11 heteroatoms. The fourth-order valence-corrected chi connectivity index (χ4v) is 4.86. The van der Waals surface area contributed by atoms with Gasteiger partial charge in [-0.3, -0.25) is 14.0 Å². The number of aromatic nitrogens is 3. The summed E-state index contributed by atoms with van der Waals surface area (Å²) in [6.07, 6.45) is 5.09. The molecule has 10 nitrogen and oxygen atoms in total. The highest BCUT2D eigenvalue weighted by atomic mass is 19.1. The van der Waals surface area contributed by atoms with E-state index in [1.165, 1.54) is 13.2 Å². The average Bonchev–Trinajstić information content (AvgIpc) is 3.38. The van der Waals surface area contributed by atoms with E-state index in [2.05, 4.69) is 15.3 Å². The van der Waals surface area contributed by atoms with Gasteiger partial charge >= 0.3 is 0 Å². The lowest BCUT2D eigenvalue weighted by molar-refractivity contribution is -0.133. The second-order valence-corrected chi connectivity index (χ2v) is 10.0. The molecule has 0 saturated carbocycles. The fourth-order valence-electron chi connectivity index (χ4n) is 4.86. The van der Waals surface area contributed by atoms with Crippen molar-refractivity contribution in [1.82, 2.24) is 29.1 Å². The summed E-state index contributed by atoms with van der Waals surface area (Å²) in [4.78, 5) is 40.0. The summed E-state index contributed by atoms with van der Waals surface area (Å²) in [6.45, 7) is 4.33. The summed E-state index contributed by atoms with van der Waals surface area (Å²) in [5.74, 6) is 0.282. The third-order valence-electron chi connectivity index (χ3n) is 6.97. The van der Waals surface area contributed by atoms with Crippen molar-refractivity contribution in [2.24, 2.45) is 0 Å². The van der Waals surface area contributed by atoms with E-state index in [0.29, 0.717) is 61.0 Å². The molecule has 0 bridgehead atoms. The molecule has 1 fully saturated rings. The van der Waals surface area contributed by atoms with E-state index < -0.39 is 5.82 Å². The lowest BCUT2D eigenvalue weighted by Gasteiger charge is -2.35. The normalized spacial score (nSPS) is 13.7. The van der Waals surface area contributed by atoms with Crippen LogP contribution in [0.2, 0.25) is 0 Å². The Bertz CT molecular complexity index is 1560. The van der Waals surface area contributed by atoms with Crippen molar-refractivity contribution in [3.8, 4) is 17.0 Å². The first kappa shape index (κ1) is 27.1. The molecule has 0 aliphatic carbocycles. The number of halogens is 1. The molecular weight excluding hydrogens is 513 g/mol. The second-order valence-electron chi connectivity index (χ2n) is 10.0. The third kappa shape index (κ3) is 5.46. The van der Waals surface area contributed by atoms with Crippen molar-refractivity contribution in [2.45, 2.75) is 6.92 Å². The molecular formula is C29H32FN7O3. The predicted octanol–water partition coefficient (Wildman–Crippen LogP) is 3.44. The number of hydrogen-bond donors (Lipinski definition) is 1. The van der Waals surface area contributed by atoms with Crippen molar-refractivity contribution >= 4 is 29.0 Å². The molecule has 4 aromatic rings. The van der Waals surface area contributed by atoms with Gasteiger partial charge in [0.25, 0.3) is 5.91 Å². The molecule has 1 aliphatic rings. The number of benzene rings is 2. The number of imidazole rings is 1. The highest BCUT2D eigenvalue weighted by molar-refractivity contribution is 5.96. The van der Waals surface area contributed by atoms with Crippen LogP contribution < -0.4 is 10.1 Å².